The van der Waals surface area contributed by atoms with Crippen molar-refractivity contribution in [1.82, 2.24) is 9.97 Å². The van der Waals surface area contributed by atoms with E-state index < -0.39 is 0 Å². The van der Waals surface area contributed by atoms with Crippen molar-refractivity contribution in [3.63, 3.8) is 0 Å². The second kappa shape index (κ2) is 7.62. The van der Waals surface area contributed by atoms with E-state index in [1.807, 2.05) is 0 Å². The number of rotatable bonds is 7. The van der Waals surface area contributed by atoms with Gasteiger partial charge in [-0.3, -0.25) is 0 Å². The van der Waals surface area contributed by atoms with Gasteiger partial charge < -0.3 is 10.2 Å². The maximum absolute atomic E-state index is 4.79. The minimum Gasteiger partial charge on any atom is -0.370 e. The maximum atomic E-state index is 4.79. The standard InChI is InChI=1S/C17H30N4/c1-5-7-14-8-10-21(12-14)16-11-15(18-9-6-2)19-17(20-16)13(3)4/h11,13-14H,5-10,12H2,1-4H3,(H,18,19,20). The lowest BCUT2D eigenvalue weighted by Crippen LogP contribution is -2.22. The van der Waals surface area contributed by atoms with E-state index in [0.717, 1.165) is 49.4 Å². The van der Waals surface area contributed by atoms with Crippen LogP contribution in [0.5, 0.6) is 0 Å². The first-order valence-electron chi connectivity index (χ1n) is 8.51. The van der Waals surface area contributed by atoms with Crippen LogP contribution in [0.4, 0.5) is 11.6 Å². The van der Waals surface area contributed by atoms with Crippen LogP contribution in [-0.2, 0) is 0 Å². The first-order chi connectivity index (χ1) is 10.1. The molecule has 0 aromatic carbocycles. The molecule has 4 heteroatoms. The zero-order valence-corrected chi connectivity index (χ0v) is 14.0. The van der Waals surface area contributed by atoms with Crippen molar-refractivity contribution in [3.8, 4) is 0 Å². The minimum absolute atomic E-state index is 0.362. The molecule has 0 saturated carbocycles. The lowest BCUT2D eigenvalue weighted by molar-refractivity contribution is 0.529. The summed E-state index contributed by atoms with van der Waals surface area (Å²) in [5.74, 6) is 4.22. The van der Waals surface area contributed by atoms with E-state index in [0.29, 0.717) is 5.92 Å². The zero-order chi connectivity index (χ0) is 15.2. The van der Waals surface area contributed by atoms with Crippen molar-refractivity contribution in [2.75, 3.05) is 29.9 Å². The first kappa shape index (κ1) is 16.1. The molecule has 1 aliphatic rings. The van der Waals surface area contributed by atoms with Crippen LogP contribution < -0.4 is 10.2 Å². The summed E-state index contributed by atoms with van der Waals surface area (Å²) in [6, 6.07) is 2.12. The second-order valence-corrected chi connectivity index (χ2v) is 6.44. The van der Waals surface area contributed by atoms with Crippen LogP contribution in [0.1, 0.15) is 65.1 Å². The highest BCUT2D eigenvalue weighted by molar-refractivity contribution is 5.50. The number of hydrogen-bond acceptors (Lipinski definition) is 4. The fourth-order valence-corrected chi connectivity index (χ4v) is 2.90. The smallest absolute Gasteiger partial charge is 0.135 e. The zero-order valence-electron chi connectivity index (χ0n) is 14.0. The Kier molecular flexibility index (Phi) is 5.83. The fraction of sp³-hybridized carbons (Fsp3) is 0.765. The van der Waals surface area contributed by atoms with Gasteiger partial charge in [0.25, 0.3) is 0 Å². The number of aromatic nitrogens is 2. The molecule has 1 atom stereocenters. The van der Waals surface area contributed by atoms with Gasteiger partial charge in [-0.05, 0) is 25.2 Å². The van der Waals surface area contributed by atoms with Gasteiger partial charge in [0.15, 0.2) is 0 Å². The van der Waals surface area contributed by atoms with Crippen molar-refractivity contribution in [1.29, 1.82) is 0 Å². The van der Waals surface area contributed by atoms with Gasteiger partial charge in [0.2, 0.25) is 0 Å². The summed E-state index contributed by atoms with van der Waals surface area (Å²) in [6.45, 7) is 12.0. The third-order valence-electron chi connectivity index (χ3n) is 4.11. The van der Waals surface area contributed by atoms with Crippen LogP contribution in [-0.4, -0.2) is 29.6 Å². The monoisotopic (exact) mass is 290 g/mol. The van der Waals surface area contributed by atoms with Crippen molar-refractivity contribution in [3.05, 3.63) is 11.9 Å². The predicted octanol–water partition coefficient (Wildman–Crippen LogP) is 4.05. The summed E-state index contributed by atoms with van der Waals surface area (Å²) in [5.41, 5.74) is 0. The van der Waals surface area contributed by atoms with Crippen LogP contribution in [0.15, 0.2) is 6.07 Å². The van der Waals surface area contributed by atoms with E-state index in [1.54, 1.807) is 0 Å². The molecule has 1 aliphatic heterocycles. The van der Waals surface area contributed by atoms with E-state index in [9.17, 15) is 0 Å². The highest BCUT2D eigenvalue weighted by Crippen LogP contribution is 2.27. The topological polar surface area (TPSA) is 41.0 Å². The Balaban J connectivity index is 2.16. The number of nitrogens with zero attached hydrogens (tertiary/aromatic N) is 3. The SMILES string of the molecule is CCCNc1cc(N2CCC(CCC)C2)nc(C(C)C)n1. The quantitative estimate of drug-likeness (QED) is 0.822. The average molecular weight is 290 g/mol. The van der Waals surface area contributed by atoms with Gasteiger partial charge >= 0.3 is 0 Å². The maximum Gasteiger partial charge on any atom is 0.135 e. The molecule has 1 unspecified atom stereocenters. The van der Waals surface area contributed by atoms with Crippen molar-refractivity contribution in [2.24, 2.45) is 5.92 Å². The molecule has 0 amide bonds. The van der Waals surface area contributed by atoms with Crippen LogP contribution in [0.3, 0.4) is 0 Å². The van der Waals surface area contributed by atoms with E-state index in [4.69, 9.17) is 4.98 Å². The summed E-state index contributed by atoms with van der Waals surface area (Å²) in [4.78, 5) is 11.9. The molecule has 0 bridgehead atoms. The second-order valence-electron chi connectivity index (χ2n) is 6.44. The van der Waals surface area contributed by atoms with Crippen LogP contribution in [0, 0.1) is 5.92 Å². The summed E-state index contributed by atoms with van der Waals surface area (Å²) in [7, 11) is 0. The van der Waals surface area contributed by atoms with Crippen LogP contribution in [0.25, 0.3) is 0 Å². The van der Waals surface area contributed by atoms with Gasteiger partial charge in [-0.2, -0.15) is 0 Å². The molecule has 118 valence electrons. The molecule has 1 saturated heterocycles. The fourth-order valence-electron chi connectivity index (χ4n) is 2.90. The Morgan fingerprint density at radius 1 is 1.29 bits per heavy atom. The van der Waals surface area contributed by atoms with Crippen LogP contribution >= 0.6 is 0 Å². The summed E-state index contributed by atoms with van der Waals surface area (Å²) in [6.07, 6.45) is 5.02. The lowest BCUT2D eigenvalue weighted by Gasteiger charge is -2.20. The normalized spacial score (nSPS) is 18.5. The Labute approximate surface area is 129 Å². The summed E-state index contributed by atoms with van der Waals surface area (Å²) >= 11 is 0. The molecule has 0 aliphatic carbocycles. The molecule has 1 N–H and O–H groups in total. The molecule has 2 rings (SSSR count). The van der Waals surface area contributed by atoms with Crippen LogP contribution in [0.2, 0.25) is 0 Å². The number of hydrogen-bond donors (Lipinski definition) is 1. The predicted molar refractivity (Wildman–Crippen MR) is 90.1 cm³/mol. The first-order valence-corrected chi connectivity index (χ1v) is 8.51. The van der Waals surface area contributed by atoms with E-state index >= 15 is 0 Å². The third-order valence-corrected chi connectivity index (χ3v) is 4.11. The highest BCUT2D eigenvalue weighted by atomic mass is 15.2. The minimum atomic E-state index is 0.362. The average Bonchev–Trinajstić information content (AvgIpc) is 2.94. The molecule has 1 fully saturated rings. The molecule has 4 nitrogen and oxygen atoms in total. The molecule has 1 aromatic heterocycles. The number of nitrogens with one attached hydrogen (secondary N) is 1. The van der Waals surface area contributed by atoms with Crippen molar-refractivity contribution in [2.45, 2.75) is 59.3 Å². The van der Waals surface area contributed by atoms with E-state index in [-0.39, 0.29) is 0 Å². The lowest BCUT2D eigenvalue weighted by atomic mass is 10.0. The molecular weight excluding hydrogens is 260 g/mol. The van der Waals surface area contributed by atoms with Gasteiger partial charge in [-0.1, -0.05) is 34.1 Å². The van der Waals surface area contributed by atoms with Crippen molar-refractivity contribution >= 4 is 11.6 Å². The Hall–Kier alpha value is -1.32. The molecule has 0 spiro atoms. The molecule has 21 heavy (non-hydrogen) atoms. The highest BCUT2D eigenvalue weighted by Gasteiger charge is 2.23. The van der Waals surface area contributed by atoms with Gasteiger partial charge in [0, 0.05) is 31.6 Å². The van der Waals surface area contributed by atoms with E-state index in [1.165, 1.54) is 19.3 Å². The van der Waals surface area contributed by atoms with E-state index in [2.05, 4.69) is 49.0 Å². The molecule has 2 heterocycles. The van der Waals surface area contributed by atoms with Gasteiger partial charge in [-0.25, -0.2) is 9.97 Å². The molecule has 1 aromatic rings. The summed E-state index contributed by atoms with van der Waals surface area (Å²) in [5, 5.41) is 3.41. The third kappa shape index (κ3) is 4.32. The summed E-state index contributed by atoms with van der Waals surface area (Å²) < 4.78 is 0. The Morgan fingerprint density at radius 2 is 2.10 bits per heavy atom. The Morgan fingerprint density at radius 3 is 2.76 bits per heavy atom. The van der Waals surface area contributed by atoms with Gasteiger partial charge in [0.1, 0.15) is 17.5 Å². The Bertz CT molecular complexity index is 444. The molecular formula is C17H30N4. The van der Waals surface area contributed by atoms with Gasteiger partial charge in [-0.15, -0.1) is 0 Å². The van der Waals surface area contributed by atoms with Gasteiger partial charge in [0.05, 0.1) is 0 Å². The van der Waals surface area contributed by atoms with Crippen molar-refractivity contribution < 1.29 is 0 Å². The molecule has 0 radical (unpaired) electrons. The number of anilines is 2. The largest absolute Gasteiger partial charge is 0.370 e.